The maximum absolute atomic E-state index is 12.2. The highest BCUT2D eigenvalue weighted by atomic mass is 16.5. The molecule has 3 heteroatoms. The molecule has 0 saturated heterocycles. The van der Waals surface area contributed by atoms with E-state index in [-0.39, 0.29) is 11.8 Å². The number of hydrogen-bond acceptors (Lipinski definition) is 3. The molecule has 2 aromatic rings. The summed E-state index contributed by atoms with van der Waals surface area (Å²) < 4.78 is 4.87. The molecule has 2 rings (SSSR count). The summed E-state index contributed by atoms with van der Waals surface area (Å²) in [4.78, 5) is 22.8. The first-order valence-corrected chi connectivity index (χ1v) is 7.82. The number of unbranched alkanes of at least 4 members (excludes halogenated alkanes) is 3. The summed E-state index contributed by atoms with van der Waals surface area (Å²) in [5, 5.41) is 2.26. The molecule has 0 saturated carbocycles. The van der Waals surface area contributed by atoms with Crippen LogP contribution in [0.5, 0.6) is 0 Å². The van der Waals surface area contributed by atoms with Gasteiger partial charge < -0.3 is 4.74 Å². The molecule has 0 unspecified atom stereocenters. The predicted octanol–water partition coefficient (Wildman–Crippen LogP) is 4.54. The third-order valence-electron chi connectivity index (χ3n) is 3.67. The van der Waals surface area contributed by atoms with Crippen molar-refractivity contribution in [3.05, 3.63) is 48.0 Å². The molecule has 0 fully saturated rings. The third kappa shape index (κ3) is 4.99. The first-order valence-electron chi connectivity index (χ1n) is 7.82. The van der Waals surface area contributed by atoms with Gasteiger partial charge in [-0.3, -0.25) is 9.59 Å². The normalized spacial score (nSPS) is 10.6. The van der Waals surface area contributed by atoms with Gasteiger partial charge in [0, 0.05) is 18.9 Å². The van der Waals surface area contributed by atoms with Crippen LogP contribution in [0.2, 0.25) is 0 Å². The SMILES string of the molecule is CC(=O)OCCCCCCC(=O)c1ccc2ccccc2c1. The fourth-order valence-corrected chi connectivity index (χ4v) is 2.46. The molecule has 0 atom stereocenters. The number of Topliss-reactive ketones (excluding diaryl/α,β-unsaturated/α-hetero) is 1. The number of ketones is 1. The highest BCUT2D eigenvalue weighted by Gasteiger charge is 2.06. The van der Waals surface area contributed by atoms with Gasteiger partial charge in [-0.05, 0) is 29.7 Å². The van der Waals surface area contributed by atoms with Crippen molar-refractivity contribution in [3.63, 3.8) is 0 Å². The van der Waals surface area contributed by atoms with Crippen LogP contribution < -0.4 is 0 Å². The van der Waals surface area contributed by atoms with E-state index in [1.807, 2.05) is 42.5 Å². The molecule has 0 radical (unpaired) electrons. The van der Waals surface area contributed by atoms with Gasteiger partial charge in [-0.15, -0.1) is 0 Å². The van der Waals surface area contributed by atoms with Crippen molar-refractivity contribution in [2.75, 3.05) is 6.61 Å². The molecule has 0 bridgehead atoms. The van der Waals surface area contributed by atoms with Crippen molar-refractivity contribution in [1.29, 1.82) is 0 Å². The van der Waals surface area contributed by atoms with Gasteiger partial charge in [0.15, 0.2) is 5.78 Å². The highest BCUT2D eigenvalue weighted by Crippen LogP contribution is 2.17. The van der Waals surface area contributed by atoms with Crippen LogP contribution >= 0.6 is 0 Å². The molecule has 3 nitrogen and oxygen atoms in total. The van der Waals surface area contributed by atoms with Crippen molar-refractivity contribution in [2.24, 2.45) is 0 Å². The van der Waals surface area contributed by atoms with E-state index in [4.69, 9.17) is 4.74 Å². The van der Waals surface area contributed by atoms with Crippen LogP contribution in [0.1, 0.15) is 49.4 Å². The minimum atomic E-state index is -0.230. The molecule has 0 aromatic heterocycles. The Morgan fingerprint density at radius 1 is 0.909 bits per heavy atom. The average molecular weight is 298 g/mol. The summed E-state index contributed by atoms with van der Waals surface area (Å²) >= 11 is 0. The number of fused-ring (bicyclic) bond motifs is 1. The summed E-state index contributed by atoms with van der Waals surface area (Å²) in [7, 11) is 0. The van der Waals surface area contributed by atoms with Gasteiger partial charge in [0.25, 0.3) is 0 Å². The fraction of sp³-hybridized carbons (Fsp3) is 0.368. The van der Waals surface area contributed by atoms with Gasteiger partial charge in [-0.1, -0.05) is 49.2 Å². The monoisotopic (exact) mass is 298 g/mol. The van der Waals surface area contributed by atoms with Crippen LogP contribution in [0, 0.1) is 0 Å². The van der Waals surface area contributed by atoms with Crippen molar-refractivity contribution in [3.8, 4) is 0 Å². The lowest BCUT2D eigenvalue weighted by molar-refractivity contribution is -0.141. The minimum absolute atomic E-state index is 0.200. The predicted molar refractivity (Wildman–Crippen MR) is 88.0 cm³/mol. The Morgan fingerprint density at radius 2 is 1.64 bits per heavy atom. The smallest absolute Gasteiger partial charge is 0.302 e. The Labute approximate surface area is 131 Å². The fourth-order valence-electron chi connectivity index (χ4n) is 2.46. The first-order chi connectivity index (χ1) is 10.7. The van der Waals surface area contributed by atoms with Crippen molar-refractivity contribution in [1.82, 2.24) is 0 Å². The van der Waals surface area contributed by atoms with E-state index < -0.39 is 0 Å². The number of rotatable bonds is 8. The molecule has 116 valence electrons. The molecule has 0 heterocycles. The van der Waals surface area contributed by atoms with E-state index in [0.29, 0.717) is 13.0 Å². The summed E-state index contributed by atoms with van der Waals surface area (Å²) in [6, 6.07) is 13.9. The van der Waals surface area contributed by atoms with Crippen molar-refractivity contribution >= 4 is 22.5 Å². The molecule has 0 N–H and O–H groups in total. The Balaban J connectivity index is 1.73. The van der Waals surface area contributed by atoms with E-state index in [2.05, 4.69) is 0 Å². The average Bonchev–Trinajstić information content (AvgIpc) is 2.53. The Bertz CT molecular complexity index is 646. The Kier molecular flexibility index (Phi) is 6.13. The highest BCUT2D eigenvalue weighted by molar-refractivity contribution is 5.99. The van der Waals surface area contributed by atoms with Crippen molar-refractivity contribution < 1.29 is 14.3 Å². The summed E-state index contributed by atoms with van der Waals surface area (Å²) in [6.45, 7) is 1.90. The van der Waals surface area contributed by atoms with E-state index in [0.717, 1.165) is 42.0 Å². The van der Waals surface area contributed by atoms with E-state index >= 15 is 0 Å². The third-order valence-corrected chi connectivity index (χ3v) is 3.67. The molecule has 2 aromatic carbocycles. The summed E-state index contributed by atoms with van der Waals surface area (Å²) in [5.41, 5.74) is 0.790. The lowest BCUT2D eigenvalue weighted by Gasteiger charge is -2.04. The second-order valence-electron chi connectivity index (χ2n) is 5.49. The van der Waals surface area contributed by atoms with E-state index in [1.165, 1.54) is 6.92 Å². The van der Waals surface area contributed by atoms with Crippen LogP contribution in [-0.2, 0) is 9.53 Å². The van der Waals surface area contributed by atoms with Gasteiger partial charge in [0.05, 0.1) is 6.61 Å². The quantitative estimate of drug-likeness (QED) is 0.408. The zero-order chi connectivity index (χ0) is 15.8. The lowest BCUT2D eigenvalue weighted by Crippen LogP contribution is -2.01. The van der Waals surface area contributed by atoms with Gasteiger partial charge in [0.2, 0.25) is 0 Å². The number of carbonyl (C=O) groups excluding carboxylic acids is 2. The van der Waals surface area contributed by atoms with Gasteiger partial charge in [-0.2, -0.15) is 0 Å². The molecule has 0 spiro atoms. The maximum atomic E-state index is 12.2. The summed E-state index contributed by atoms with van der Waals surface area (Å²) in [6.07, 6.45) is 4.29. The maximum Gasteiger partial charge on any atom is 0.302 e. The number of carbonyl (C=O) groups is 2. The zero-order valence-corrected chi connectivity index (χ0v) is 13.0. The molecular formula is C19H22O3. The molecule has 0 aliphatic rings. The number of esters is 1. The molecule has 0 amide bonds. The second kappa shape index (κ2) is 8.32. The van der Waals surface area contributed by atoms with E-state index in [1.54, 1.807) is 0 Å². The van der Waals surface area contributed by atoms with E-state index in [9.17, 15) is 9.59 Å². The second-order valence-corrected chi connectivity index (χ2v) is 5.49. The largest absolute Gasteiger partial charge is 0.466 e. The zero-order valence-electron chi connectivity index (χ0n) is 13.0. The van der Waals surface area contributed by atoms with Crippen LogP contribution in [-0.4, -0.2) is 18.4 Å². The first kappa shape index (κ1) is 16.2. The van der Waals surface area contributed by atoms with Crippen LogP contribution in [0.25, 0.3) is 10.8 Å². The molecule has 22 heavy (non-hydrogen) atoms. The van der Waals surface area contributed by atoms with Gasteiger partial charge in [-0.25, -0.2) is 0 Å². The van der Waals surface area contributed by atoms with Crippen molar-refractivity contribution in [2.45, 2.75) is 39.0 Å². The van der Waals surface area contributed by atoms with Crippen LogP contribution in [0.15, 0.2) is 42.5 Å². The molecule has 0 aliphatic heterocycles. The Hall–Kier alpha value is -2.16. The Morgan fingerprint density at radius 3 is 2.41 bits per heavy atom. The topological polar surface area (TPSA) is 43.4 Å². The lowest BCUT2D eigenvalue weighted by atomic mass is 10.0. The summed E-state index contributed by atoms with van der Waals surface area (Å²) in [5.74, 6) is -0.0304. The molecule has 0 aliphatic carbocycles. The van der Waals surface area contributed by atoms with Gasteiger partial charge >= 0.3 is 5.97 Å². The number of ether oxygens (including phenoxy) is 1. The van der Waals surface area contributed by atoms with Crippen LogP contribution in [0.3, 0.4) is 0 Å². The molecular weight excluding hydrogens is 276 g/mol. The minimum Gasteiger partial charge on any atom is -0.466 e. The van der Waals surface area contributed by atoms with Crippen LogP contribution in [0.4, 0.5) is 0 Å². The standard InChI is InChI=1S/C19H22O3/c1-15(20)22-13-7-3-2-4-10-19(21)18-12-11-16-8-5-6-9-17(16)14-18/h5-6,8-9,11-12,14H,2-4,7,10,13H2,1H3. The number of hydrogen-bond donors (Lipinski definition) is 0. The number of benzene rings is 2. The van der Waals surface area contributed by atoms with Gasteiger partial charge in [0.1, 0.15) is 0 Å².